The van der Waals surface area contributed by atoms with Gasteiger partial charge in [-0.1, -0.05) is 66.2 Å². The lowest BCUT2D eigenvalue weighted by Gasteiger charge is -2.11. The summed E-state index contributed by atoms with van der Waals surface area (Å²) >= 11 is 0. The molecule has 176 valence electrons. The number of carbonyl (C=O) groups is 2. The van der Waals surface area contributed by atoms with Crippen LogP contribution >= 0.6 is 0 Å². The molecule has 0 spiro atoms. The number of benzene rings is 3. The third-order valence-corrected chi connectivity index (χ3v) is 5.71. The Bertz CT molecular complexity index is 1450. The van der Waals surface area contributed by atoms with E-state index in [1.165, 1.54) is 4.68 Å². The summed E-state index contributed by atoms with van der Waals surface area (Å²) < 4.78 is 3.16. The summed E-state index contributed by atoms with van der Waals surface area (Å²) in [4.78, 5) is 39.5. The van der Waals surface area contributed by atoms with Gasteiger partial charge in [-0.15, -0.1) is 0 Å². The summed E-state index contributed by atoms with van der Waals surface area (Å²) in [6.07, 6.45) is 1.58. The second kappa shape index (κ2) is 10.1. The van der Waals surface area contributed by atoms with E-state index in [2.05, 4.69) is 10.6 Å². The Morgan fingerprint density at radius 1 is 0.829 bits per heavy atom. The summed E-state index contributed by atoms with van der Waals surface area (Å²) in [6.45, 7) is 3.68. The number of rotatable bonds is 6. The second-order valence-electron chi connectivity index (χ2n) is 8.18. The molecular weight excluding hydrogens is 440 g/mol. The molecule has 0 aliphatic rings. The second-order valence-corrected chi connectivity index (χ2v) is 8.18. The molecule has 0 unspecified atom stereocenters. The molecule has 4 aromatic rings. The molecule has 0 atom stereocenters. The van der Waals surface area contributed by atoms with Crippen LogP contribution in [0.25, 0.3) is 11.8 Å². The molecule has 1 heterocycles. The van der Waals surface area contributed by atoms with Crippen molar-refractivity contribution >= 4 is 23.6 Å². The highest BCUT2D eigenvalue weighted by Crippen LogP contribution is 2.16. The van der Waals surface area contributed by atoms with E-state index in [1.807, 2.05) is 79.7 Å². The number of aromatic nitrogens is 2. The van der Waals surface area contributed by atoms with E-state index < -0.39 is 11.8 Å². The van der Waals surface area contributed by atoms with Gasteiger partial charge in [-0.05, 0) is 49.8 Å². The zero-order valence-corrected chi connectivity index (χ0v) is 19.8. The highest BCUT2D eigenvalue weighted by molar-refractivity contribution is 6.10. The molecule has 0 saturated heterocycles. The standard InChI is InChI=1S/C28H26N4O3/c1-19-14-16-22(17-15-19)26(33)29-24(18-21-10-6-4-7-11-21)27(34)30-25-20(2)31(3)32(28(25)35)23-12-8-5-9-13-23/h4-18H,1-3H3,(H,29,33)(H,30,34)/b24-18-. The molecule has 0 bridgehead atoms. The van der Waals surface area contributed by atoms with E-state index in [-0.39, 0.29) is 16.9 Å². The first kappa shape index (κ1) is 23.5. The Morgan fingerprint density at radius 2 is 1.43 bits per heavy atom. The summed E-state index contributed by atoms with van der Waals surface area (Å²) in [5.74, 6) is -1.02. The van der Waals surface area contributed by atoms with E-state index in [4.69, 9.17) is 0 Å². The maximum Gasteiger partial charge on any atom is 0.295 e. The number of aryl methyl sites for hydroxylation is 1. The average molecular weight is 467 g/mol. The fraction of sp³-hybridized carbons (Fsp3) is 0.107. The smallest absolute Gasteiger partial charge is 0.295 e. The van der Waals surface area contributed by atoms with Gasteiger partial charge in [-0.3, -0.25) is 19.1 Å². The van der Waals surface area contributed by atoms with Crippen LogP contribution < -0.4 is 16.2 Å². The number of carbonyl (C=O) groups excluding carboxylic acids is 2. The van der Waals surface area contributed by atoms with Crippen LogP contribution in [-0.4, -0.2) is 21.2 Å². The molecule has 0 fully saturated rings. The first-order chi connectivity index (χ1) is 16.8. The van der Waals surface area contributed by atoms with Crippen LogP contribution in [0, 0.1) is 13.8 Å². The third kappa shape index (κ3) is 5.14. The Balaban J connectivity index is 1.68. The largest absolute Gasteiger partial charge is 0.317 e. The van der Waals surface area contributed by atoms with Crippen molar-refractivity contribution < 1.29 is 9.59 Å². The molecule has 7 heteroatoms. The van der Waals surface area contributed by atoms with Gasteiger partial charge in [0.15, 0.2) is 0 Å². The molecule has 4 rings (SSSR count). The van der Waals surface area contributed by atoms with Crippen molar-refractivity contribution in [1.82, 2.24) is 14.7 Å². The topological polar surface area (TPSA) is 85.1 Å². The number of nitrogens with zero attached hydrogens (tertiary/aromatic N) is 2. The quantitative estimate of drug-likeness (QED) is 0.418. The minimum absolute atomic E-state index is 0.0238. The molecule has 1 aromatic heterocycles. The summed E-state index contributed by atoms with van der Waals surface area (Å²) in [6, 6.07) is 25.4. The van der Waals surface area contributed by atoms with Gasteiger partial charge in [0.05, 0.1) is 11.4 Å². The van der Waals surface area contributed by atoms with Crippen LogP contribution in [0.2, 0.25) is 0 Å². The van der Waals surface area contributed by atoms with Crippen LogP contribution in [0.3, 0.4) is 0 Å². The van der Waals surface area contributed by atoms with Crippen molar-refractivity contribution in [3.05, 3.63) is 123 Å². The van der Waals surface area contributed by atoms with Crippen molar-refractivity contribution in [2.24, 2.45) is 7.05 Å². The van der Waals surface area contributed by atoms with Crippen LogP contribution in [0.5, 0.6) is 0 Å². The van der Waals surface area contributed by atoms with Crippen LogP contribution in [0.4, 0.5) is 5.69 Å². The maximum absolute atomic E-state index is 13.3. The molecule has 0 saturated carbocycles. The zero-order valence-electron chi connectivity index (χ0n) is 19.8. The maximum atomic E-state index is 13.3. The predicted molar refractivity (Wildman–Crippen MR) is 137 cm³/mol. The number of anilines is 1. The SMILES string of the molecule is Cc1ccc(C(=O)N/C(=C\c2ccccc2)C(=O)Nc2c(C)n(C)n(-c3ccccc3)c2=O)cc1. The summed E-state index contributed by atoms with van der Waals surface area (Å²) in [5.41, 5.74) is 3.23. The number of hydrogen-bond donors (Lipinski definition) is 2. The number of amides is 2. The van der Waals surface area contributed by atoms with E-state index in [0.717, 1.165) is 11.1 Å². The van der Waals surface area contributed by atoms with Gasteiger partial charge in [0.1, 0.15) is 11.4 Å². The first-order valence-electron chi connectivity index (χ1n) is 11.2. The third-order valence-electron chi connectivity index (χ3n) is 5.71. The van der Waals surface area contributed by atoms with Crippen LogP contribution in [0.15, 0.2) is 95.4 Å². The molecule has 0 radical (unpaired) electrons. The Labute approximate surface area is 203 Å². The van der Waals surface area contributed by atoms with Crippen molar-refractivity contribution in [3.8, 4) is 5.69 Å². The first-order valence-corrected chi connectivity index (χ1v) is 11.2. The summed E-state index contributed by atoms with van der Waals surface area (Å²) in [5, 5.41) is 5.43. The molecule has 35 heavy (non-hydrogen) atoms. The predicted octanol–water partition coefficient (Wildman–Crippen LogP) is 4.20. The zero-order chi connectivity index (χ0) is 24.9. The van der Waals surface area contributed by atoms with Crippen LogP contribution in [-0.2, 0) is 11.8 Å². The van der Waals surface area contributed by atoms with E-state index in [9.17, 15) is 14.4 Å². The lowest BCUT2D eigenvalue weighted by atomic mass is 10.1. The van der Waals surface area contributed by atoms with Crippen LogP contribution in [0.1, 0.15) is 27.2 Å². The highest BCUT2D eigenvalue weighted by atomic mass is 16.2. The highest BCUT2D eigenvalue weighted by Gasteiger charge is 2.21. The van der Waals surface area contributed by atoms with E-state index >= 15 is 0 Å². The van der Waals surface area contributed by atoms with Crippen molar-refractivity contribution in [1.29, 1.82) is 0 Å². The van der Waals surface area contributed by atoms with Gasteiger partial charge in [0.25, 0.3) is 17.4 Å². The Kier molecular flexibility index (Phi) is 6.78. The van der Waals surface area contributed by atoms with Crippen molar-refractivity contribution in [2.75, 3.05) is 5.32 Å². The molecule has 0 aliphatic heterocycles. The van der Waals surface area contributed by atoms with Gasteiger partial charge >= 0.3 is 0 Å². The fourth-order valence-corrected chi connectivity index (χ4v) is 3.67. The number of nitrogens with one attached hydrogen (secondary N) is 2. The summed E-state index contributed by atoms with van der Waals surface area (Å²) in [7, 11) is 1.75. The molecule has 2 N–H and O–H groups in total. The fourth-order valence-electron chi connectivity index (χ4n) is 3.67. The van der Waals surface area contributed by atoms with Crippen molar-refractivity contribution in [3.63, 3.8) is 0 Å². The number of hydrogen-bond acceptors (Lipinski definition) is 3. The van der Waals surface area contributed by atoms with E-state index in [1.54, 1.807) is 36.9 Å². The minimum Gasteiger partial charge on any atom is -0.317 e. The van der Waals surface area contributed by atoms with Gasteiger partial charge in [-0.2, -0.15) is 0 Å². The molecular formula is C28H26N4O3. The lowest BCUT2D eigenvalue weighted by Crippen LogP contribution is -2.32. The van der Waals surface area contributed by atoms with Gasteiger partial charge in [0, 0.05) is 12.6 Å². The van der Waals surface area contributed by atoms with E-state index in [0.29, 0.717) is 16.9 Å². The van der Waals surface area contributed by atoms with Gasteiger partial charge in [0.2, 0.25) is 0 Å². The molecule has 0 aliphatic carbocycles. The van der Waals surface area contributed by atoms with Gasteiger partial charge in [-0.25, -0.2) is 4.68 Å². The minimum atomic E-state index is -0.597. The normalized spacial score (nSPS) is 11.2. The molecule has 2 amide bonds. The Hall–Kier alpha value is -4.65. The molecule has 3 aromatic carbocycles. The Morgan fingerprint density at radius 3 is 2.06 bits per heavy atom. The molecule has 7 nitrogen and oxygen atoms in total. The number of para-hydroxylation sites is 1. The average Bonchev–Trinajstić information content (AvgIpc) is 3.08. The van der Waals surface area contributed by atoms with Gasteiger partial charge < -0.3 is 10.6 Å². The van der Waals surface area contributed by atoms with Crippen molar-refractivity contribution in [2.45, 2.75) is 13.8 Å². The monoisotopic (exact) mass is 466 g/mol. The lowest BCUT2D eigenvalue weighted by molar-refractivity contribution is -0.113.